The molecule has 5 rings (SSSR count). The fourth-order valence-electron chi connectivity index (χ4n) is 5.11. The smallest absolute Gasteiger partial charge is 0.225 e. The molecule has 2 saturated heterocycles. The third-order valence-corrected chi connectivity index (χ3v) is 7.15. The normalized spacial score (nSPS) is 18.8. The van der Waals surface area contributed by atoms with Gasteiger partial charge in [0.15, 0.2) is 0 Å². The Morgan fingerprint density at radius 1 is 1.00 bits per heavy atom. The maximum atomic E-state index is 13.1. The lowest BCUT2D eigenvalue weighted by molar-refractivity contribution is -0.138. The number of aryl methyl sites for hydroxylation is 1. The van der Waals surface area contributed by atoms with Crippen LogP contribution < -0.4 is 0 Å². The van der Waals surface area contributed by atoms with Gasteiger partial charge in [-0.3, -0.25) is 14.6 Å². The minimum Gasteiger partial charge on any atom is -0.341 e. The monoisotopic (exact) mass is 457 g/mol. The predicted octanol–water partition coefficient (Wildman–Crippen LogP) is 3.94. The highest BCUT2D eigenvalue weighted by atomic mass is 16.2. The van der Waals surface area contributed by atoms with E-state index in [4.69, 9.17) is 4.98 Å². The summed E-state index contributed by atoms with van der Waals surface area (Å²) in [5, 5.41) is 0. The van der Waals surface area contributed by atoms with Crippen LogP contribution in [0.5, 0.6) is 0 Å². The Morgan fingerprint density at radius 3 is 2.53 bits per heavy atom. The number of aromatic amines is 1. The van der Waals surface area contributed by atoms with Crippen molar-refractivity contribution < 1.29 is 4.79 Å². The summed E-state index contributed by atoms with van der Waals surface area (Å²) in [6.07, 6.45) is 6.29. The molecule has 0 atom stereocenters. The van der Waals surface area contributed by atoms with Gasteiger partial charge in [-0.05, 0) is 56.1 Å². The first-order chi connectivity index (χ1) is 16.6. The third kappa shape index (κ3) is 5.57. The number of piperidine rings is 1. The van der Waals surface area contributed by atoms with E-state index in [-0.39, 0.29) is 5.92 Å². The van der Waals surface area contributed by atoms with Crippen molar-refractivity contribution in [1.29, 1.82) is 0 Å². The van der Waals surface area contributed by atoms with Gasteiger partial charge in [-0.2, -0.15) is 0 Å². The molecule has 2 aliphatic rings. The number of imidazole rings is 1. The van der Waals surface area contributed by atoms with Crippen LogP contribution >= 0.6 is 0 Å². The molecule has 3 heterocycles. The number of amides is 1. The van der Waals surface area contributed by atoms with E-state index in [0.29, 0.717) is 5.91 Å². The van der Waals surface area contributed by atoms with Crippen LogP contribution in [0.1, 0.15) is 29.8 Å². The van der Waals surface area contributed by atoms with E-state index in [1.165, 1.54) is 11.1 Å². The van der Waals surface area contributed by atoms with Gasteiger partial charge >= 0.3 is 0 Å². The first kappa shape index (κ1) is 22.8. The zero-order chi connectivity index (χ0) is 23.3. The maximum absolute atomic E-state index is 13.1. The van der Waals surface area contributed by atoms with Gasteiger partial charge in [-0.1, -0.05) is 48.6 Å². The lowest BCUT2D eigenvalue weighted by atomic mass is 9.95. The second-order valence-electron chi connectivity index (χ2n) is 9.69. The second kappa shape index (κ2) is 10.5. The quantitative estimate of drug-likeness (QED) is 0.609. The summed E-state index contributed by atoms with van der Waals surface area (Å²) in [7, 11) is 0. The van der Waals surface area contributed by atoms with Crippen LogP contribution in [0.25, 0.3) is 17.1 Å². The summed E-state index contributed by atoms with van der Waals surface area (Å²) in [6.45, 7) is 9.37. The number of nitrogens with one attached hydrogen (secondary N) is 1. The third-order valence-electron chi connectivity index (χ3n) is 7.15. The highest BCUT2D eigenvalue weighted by Gasteiger charge is 2.30. The summed E-state index contributed by atoms with van der Waals surface area (Å²) in [6, 6.07) is 16.7. The van der Waals surface area contributed by atoms with E-state index in [2.05, 4.69) is 81.2 Å². The lowest BCUT2D eigenvalue weighted by Gasteiger charge is -2.38. The van der Waals surface area contributed by atoms with Gasteiger partial charge in [0.1, 0.15) is 5.82 Å². The molecular weight excluding hydrogens is 422 g/mol. The molecule has 0 unspecified atom stereocenters. The number of carbonyl (C=O) groups excluding carboxylic acids is 1. The van der Waals surface area contributed by atoms with Crippen molar-refractivity contribution in [2.45, 2.75) is 26.3 Å². The van der Waals surface area contributed by atoms with Crippen LogP contribution in [-0.2, 0) is 11.3 Å². The van der Waals surface area contributed by atoms with Crippen LogP contribution in [0.2, 0.25) is 0 Å². The summed E-state index contributed by atoms with van der Waals surface area (Å²) in [5.74, 6) is 1.54. The number of H-pyrrole nitrogens is 1. The SMILES string of the molecule is Cc1ccc2nc(CN3CCC(C(=O)N4CCN(C/C=C/c5ccccc5)CC4)CC3)[nH]c2c1. The van der Waals surface area contributed by atoms with Crippen molar-refractivity contribution in [3.05, 3.63) is 71.6 Å². The van der Waals surface area contributed by atoms with Gasteiger partial charge in [-0.15, -0.1) is 0 Å². The Kier molecular flexibility index (Phi) is 7.07. The second-order valence-corrected chi connectivity index (χ2v) is 9.69. The summed E-state index contributed by atoms with van der Waals surface area (Å²) < 4.78 is 0. The molecule has 3 aromatic rings. The minimum absolute atomic E-state index is 0.166. The molecule has 0 bridgehead atoms. The molecular formula is C28H35N5O. The number of aromatic nitrogens is 2. The van der Waals surface area contributed by atoms with E-state index >= 15 is 0 Å². The zero-order valence-corrected chi connectivity index (χ0v) is 20.1. The van der Waals surface area contributed by atoms with Crippen LogP contribution in [-0.4, -0.2) is 76.4 Å². The molecule has 0 spiro atoms. The van der Waals surface area contributed by atoms with E-state index in [1.54, 1.807) is 0 Å². The van der Waals surface area contributed by atoms with Gasteiger partial charge in [0.2, 0.25) is 5.91 Å². The van der Waals surface area contributed by atoms with Gasteiger partial charge in [-0.25, -0.2) is 4.98 Å². The highest BCUT2D eigenvalue weighted by molar-refractivity contribution is 5.79. The number of fused-ring (bicyclic) bond motifs is 1. The minimum atomic E-state index is 0.166. The van der Waals surface area contributed by atoms with E-state index in [0.717, 1.165) is 82.1 Å². The van der Waals surface area contributed by atoms with Crippen molar-refractivity contribution in [1.82, 2.24) is 24.7 Å². The zero-order valence-electron chi connectivity index (χ0n) is 20.1. The molecule has 0 radical (unpaired) electrons. The first-order valence-corrected chi connectivity index (χ1v) is 12.5. The Morgan fingerprint density at radius 2 is 1.76 bits per heavy atom. The van der Waals surface area contributed by atoms with Gasteiger partial charge in [0, 0.05) is 38.6 Å². The fourth-order valence-corrected chi connectivity index (χ4v) is 5.11. The average molecular weight is 458 g/mol. The fraction of sp³-hybridized carbons (Fsp3) is 0.429. The van der Waals surface area contributed by atoms with E-state index < -0.39 is 0 Å². The number of hydrogen-bond acceptors (Lipinski definition) is 4. The Hall–Kier alpha value is -2.96. The summed E-state index contributed by atoms with van der Waals surface area (Å²) in [4.78, 5) is 28.3. The molecule has 0 aliphatic carbocycles. The number of benzene rings is 2. The number of piperazine rings is 1. The molecule has 2 fully saturated rings. The molecule has 1 aromatic heterocycles. The Bertz CT molecular complexity index is 1120. The topological polar surface area (TPSA) is 55.5 Å². The number of hydrogen-bond donors (Lipinski definition) is 1. The van der Waals surface area contributed by atoms with Crippen molar-refractivity contribution >= 4 is 23.0 Å². The van der Waals surface area contributed by atoms with Crippen LogP contribution in [0.4, 0.5) is 0 Å². The van der Waals surface area contributed by atoms with Gasteiger partial charge in [0.05, 0.1) is 17.6 Å². The van der Waals surface area contributed by atoms with E-state index in [1.807, 2.05) is 6.07 Å². The molecule has 6 heteroatoms. The summed E-state index contributed by atoms with van der Waals surface area (Å²) >= 11 is 0. The van der Waals surface area contributed by atoms with Crippen molar-refractivity contribution in [2.75, 3.05) is 45.8 Å². The molecule has 2 aliphatic heterocycles. The maximum Gasteiger partial charge on any atom is 0.225 e. The molecule has 6 nitrogen and oxygen atoms in total. The Balaban J connectivity index is 1.05. The van der Waals surface area contributed by atoms with Crippen molar-refractivity contribution in [2.24, 2.45) is 5.92 Å². The average Bonchev–Trinajstić information content (AvgIpc) is 3.26. The summed E-state index contributed by atoms with van der Waals surface area (Å²) in [5.41, 5.74) is 4.61. The molecule has 34 heavy (non-hydrogen) atoms. The first-order valence-electron chi connectivity index (χ1n) is 12.5. The molecule has 0 saturated carbocycles. The van der Waals surface area contributed by atoms with Crippen molar-refractivity contribution in [3.63, 3.8) is 0 Å². The van der Waals surface area contributed by atoms with Gasteiger partial charge < -0.3 is 9.88 Å². The standard InChI is InChI=1S/C28H35N5O/c1-22-9-10-25-26(20-22)30-27(29-25)21-32-14-11-24(12-15-32)28(34)33-18-16-31(17-19-33)13-5-8-23-6-3-2-4-7-23/h2-10,20,24H,11-19,21H2,1H3,(H,29,30)/b8-5+. The number of nitrogens with zero attached hydrogens (tertiary/aromatic N) is 4. The number of rotatable bonds is 6. The predicted molar refractivity (Wildman–Crippen MR) is 137 cm³/mol. The molecule has 1 amide bonds. The number of carbonyl (C=O) groups is 1. The van der Waals surface area contributed by atoms with Crippen LogP contribution in [0.3, 0.4) is 0 Å². The number of likely N-dealkylation sites (tertiary alicyclic amines) is 1. The molecule has 2 aromatic carbocycles. The Labute approximate surface area is 202 Å². The lowest BCUT2D eigenvalue weighted by Crippen LogP contribution is -2.51. The van der Waals surface area contributed by atoms with Crippen LogP contribution in [0, 0.1) is 12.8 Å². The van der Waals surface area contributed by atoms with Crippen molar-refractivity contribution in [3.8, 4) is 0 Å². The highest BCUT2D eigenvalue weighted by Crippen LogP contribution is 2.22. The molecule has 1 N–H and O–H groups in total. The van der Waals surface area contributed by atoms with Crippen LogP contribution in [0.15, 0.2) is 54.6 Å². The van der Waals surface area contributed by atoms with E-state index in [9.17, 15) is 4.79 Å². The van der Waals surface area contributed by atoms with Gasteiger partial charge in [0.25, 0.3) is 0 Å². The largest absolute Gasteiger partial charge is 0.341 e. The molecule has 178 valence electrons.